The highest BCUT2D eigenvalue weighted by molar-refractivity contribution is 6.05. The van der Waals surface area contributed by atoms with Gasteiger partial charge >= 0.3 is 0 Å². The SMILES string of the molecule is O=C1CC2(CCCCC2)Nc2ccc(-c3cc(-c4cccnc4)no3)cc21. The summed E-state index contributed by atoms with van der Waals surface area (Å²) in [5, 5.41) is 7.82. The molecule has 0 amide bonds. The Hall–Kier alpha value is -2.95. The van der Waals surface area contributed by atoms with Crippen LogP contribution in [0.1, 0.15) is 48.9 Å². The highest BCUT2D eigenvalue weighted by Gasteiger charge is 2.39. The van der Waals surface area contributed by atoms with Crippen LogP contribution in [0.4, 0.5) is 5.69 Å². The van der Waals surface area contributed by atoms with Crippen molar-refractivity contribution >= 4 is 11.5 Å². The van der Waals surface area contributed by atoms with Crippen molar-refractivity contribution in [2.24, 2.45) is 0 Å². The lowest BCUT2D eigenvalue weighted by Crippen LogP contribution is -2.45. The van der Waals surface area contributed by atoms with Crippen LogP contribution in [0, 0.1) is 0 Å². The highest BCUT2D eigenvalue weighted by Crippen LogP contribution is 2.41. The van der Waals surface area contributed by atoms with Gasteiger partial charge in [0.15, 0.2) is 11.5 Å². The normalized spacial score (nSPS) is 18.1. The molecule has 5 rings (SSSR count). The van der Waals surface area contributed by atoms with Crippen LogP contribution in [0.2, 0.25) is 0 Å². The number of nitrogens with one attached hydrogen (secondary N) is 1. The van der Waals surface area contributed by atoms with Gasteiger partial charge in [-0.15, -0.1) is 0 Å². The fraction of sp³-hybridized carbons (Fsp3) is 0.318. The summed E-state index contributed by atoms with van der Waals surface area (Å²) >= 11 is 0. The number of hydrogen-bond acceptors (Lipinski definition) is 5. The Morgan fingerprint density at radius 1 is 1.04 bits per heavy atom. The molecule has 0 bridgehead atoms. The molecule has 1 aliphatic carbocycles. The number of benzene rings is 1. The number of anilines is 1. The lowest BCUT2D eigenvalue weighted by atomic mass is 9.74. The van der Waals surface area contributed by atoms with Gasteiger partial charge in [-0.2, -0.15) is 0 Å². The largest absolute Gasteiger partial charge is 0.379 e. The number of Topliss-reactive ketones (excluding diaryl/α,β-unsaturated/α-hetero) is 1. The van der Waals surface area contributed by atoms with E-state index < -0.39 is 0 Å². The number of rotatable bonds is 2. The van der Waals surface area contributed by atoms with E-state index in [2.05, 4.69) is 15.5 Å². The molecular formula is C22H21N3O2. The number of aromatic nitrogens is 2. The molecule has 1 fully saturated rings. The molecule has 5 nitrogen and oxygen atoms in total. The van der Waals surface area contributed by atoms with Gasteiger partial charge in [0.1, 0.15) is 5.69 Å². The quantitative estimate of drug-likeness (QED) is 0.689. The fourth-order valence-electron chi connectivity index (χ4n) is 4.36. The third kappa shape index (κ3) is 2.93. The van der Waals surface area contributed by atoms with Gasteiger partial charge in [-0.3, -0.25) is 9.78 Å². The highest BCUT2D eigenvalue weighted by atomic mass is 16.5. The molecule has 3 aromatic rings. The summed E-state index contributed by atoms with van der Waals surface area (Å²) in [4.78, 5) is 17.0. The zero-order valence-corrected chi connectivity index (χ0v) is 15.1. The number of ketones is 1. The van der Waals surface area contributed by atoms with E-state index >= 15 is 0 Å². The number of nitrogens with zero attached hydrogens (tertiary/aromatic N) is 2. The van der Waals surface area contributed by atoms with E-state index in [1.807, 2.05) is 36.4 Å². The van der Waals surface area contributed by atoms with Gasteiger partial charge in [-0.1, -0.05) is 24.4 Å². The Morgan fingerprint density at radius 2 is 1.93 bits per heavy atom. The van der Waals surface area contributed by atoms with Crippen LogP contribution >= 0.6 is 0 Å². The van der Waals surface area contributed by atoms with Crippen LogP contribution in [0.15, 0.2) is 53.3 Å². The second-order valence-electron chi connectivity index (χ2n) is 7.64. The second-order valence-corrected chi connectivity index (χ2v) is 7.64. The van der Waals surface area contributed by atoms with E-state index in [4.69, 9.17) is 4.52 Å². The molecule has 3 heterocycles. The molecule has 2 aromatic heterocycles. The summed E-state index contributed by atoms with van der Waals surface area (Å²) in [6.07, 6.45) is 9.89. The Labute approximate surface area is 157 Å². The minimum Gasteiger partial charge on any atom is -0.379 e. The lowest BCUT2D eigenvalue weighted by molar-refractivity contribution is 0.0934. The van der Waals surface area contributed by atoms with Gasteiger partial charge in [0.25, 0.3) is 0 Å². The molecule has 1 N–H and O–H groups in total. The van der Waals surface area contributed by atoms with E-state index in [9.17, 15) is 4.79 Å². The molecule has 5 heteroatoms. The van der Waals surface area contributed by atoms with Crippen molar-refractivity contribution in [2.45, 2.75) is 44.1 Å². The molecule has 1 aromatic carbocycles. The second kappa shape index (κ2) is 6.34. The first-order valence-electron chi connectivity index (χ1n) is 9.55. The van der Waals surface area contributed by atoms with Crippen molar-refractivity contribution in [3.8, 4) is 22.6 Å². The Bertz CT molecular complexity index is 988. The Kier molecular flexibility index (Phi) is 3.81. The first-order valence-corrected chi connectivity index (χ1v) is 9.55. The average molecular weight is 359 g/mol. The number of fused-ring (bicyclic) bond motifs is 1. The standard InChI is InChI=1S/C22H21N3O2/c26-20-13-22(8-2-1-3-9-22)24-18-7-6-15(11-17(18)20)21-12-19(25-27-21)16-5-4-10-23-14-16/h4-7,10-12,14,24H,1-3,8-9,13H2. The fourth-order valence-corrected chi connectivity index (χ4v) is 4.36. The number of carbonyl (C=O) groups is 1. The third-order valence-corrected chi connectivity index (χ3v) is 5.78. The van der Waals surface area contributed by atoms with Crippen molar-refractivity contribution in [1.82, 2.24) is 10.1 Å². The summed E-state index contributed by atoms with van der Waals surface area (Å²) in [5.74, 6) is 0.877. The van der Waals surface area contributed by atoms with Crippen molar-refractivity contribution in [1.29, 1.82) is 0 Å². The van der Waals surface area contributed by atoms with Crippen LogP contribution in [-0.2, 0) is 0 Å². The van der Waals surface area contributed by atoms with Crippen molar-refractivity contribution in [2.75, 3.05) is 5.32 Å². The number of hydrogen-bond donors (Lipinski definition) is 1. The summed E-state index contributed by atoms with van der Waals surface area (Å²) < 4.78 is 5.53. The summed E-state index contributed by atoms with van der Waals surface area (Å²) in [6, 6.07) is 11.6. The average Bonchev–Trinajstić information content (AvgIpc) is 3.19. The summed E-state index contributed by atoms with van der Waals surface area (Å²) in [6.45, 7) is 0. The third-order valence-electron chi connectivity index (χ3n) is 5.78. The van der Waals surface area contributed by atoms with Gasteiger partial charge in [-0.05, 0) is 43.2 Å². The topological polar surface area (TPSA) is 68.0 Å². The molecule has 0 atom stereocenters. The van der Waals surface area contributed by atoms with Crippen molar-refractivity contribution in [3.05, 3.63) is 54.4 Å². The van der Waals surface area contributed by atoms with E-state index in [0.29, 0.717) is 12.2 Å². The maximum atomic E-state index is 12.9. The predicted octanol–water partition coefficient (Wildman–Crippen LogP) is 5.10. The van der Waals surface area contributed by atoms with Crippen molar-refractivity contribution < 1.29 is 9.32 Å². The minimum atomic E-state index is -0.0381. The molecule has 1 saturated carbocycles. The predicted molar refractivity (Wildman–Crippen MR) is 104 cm³/mol. The molecule has 0 unspecified atom stereocenters. The zero-order chi connectivity index (χ0) is 18.3. The van der Waals surface area contributed by atoms with Crippen molar-refractivity contribution in [3.63, 3.8) is 0 Å². The molecule has 1 spiro atoms. The Morgan fingerprint density at radius 3 is 2.74 bits per heavy atom. The van der Waals surface area contributed by atoms with Gasteiger partial charge in [0, 0.05) is 52.8 Å². The minimum absolute atomic E-state index is 0.0381. The maximum absolute atomic E-state index is 12.9. The molecular weight excluding hydrogens is 338 g/mol. The molecule has 2 aliphatic rings. The van der Waals surface area contributed by atoms with Gasteiger partial charge in [0.2, 0.25) is 0 Å². The van der Waals surface area contributed by atoms with Gasteiger partial charge < -0.3 is 9.84 Å². The molecule has 136 valence electrons. The van der Waals surface area contributed by atoms with E-state index in [0.717, 1.165) is 40.9 Å². The van der Waals surface area contributed by atoms with Gasteiger partial charge in [-0.25, -0.2) is 0 Å². The van der Waals surface area contributed by atoms with Crippen LogP contribution in [0.3, 0.4) is 0 Å². The number of pyridine rings is 1. The van der Waals surface area contributed by atoms with E-state index in [1.165, 1.54) is 19.3 Å². The summed E-state index contributed by atoms with van der Waals surface area (Å²) in [5.41, 5.74) is 4.17. The first kappa shape index (κ1) is 16.2. The van der Waals surface area contributed by atoms with Crippen LogP contribution in [0.5, 0.6) is 0 Å². The van der Waals surface area contributed by atoms with Gasteiger partial charge in [0.05, 0.1) is 0 Å². The smallest absolute Gasteiger partial charge is 0.167 e. The molecule has 0 saturated heterocycles. The summed E-state index contributed by atoms with van der Waals surface area (Å²) in [7, 11) is 0. The lowest BCUT2D eigenvalue weighted by Gasteiger charge is -2.42. The van der Waals surface area contributed by atoms with Crippen LogP contribution < -0.4 is 5.32 Å². The van der Waals surface area contributed by atoms with Crippen LogP contribution in [-0.4, -0.2) is 21.5 Å². The van der Waals surface area contributed by atoms with E-state index in [1.54, 1.807) is 12.4 Å². The zero-order valence-electron chi connectivity index (χ0n) is 15.1. The Balaban J connectivity index is 1.46. The molecule has 27 heavy (non-hydrogen) atoms. The van der Waals surface area contributed by atoms with E-state index in [-0.39, 0.29) is 11.3 Å². The molecule has 1 aliphatic heterocycles. The first-order chi connectivity index (χ1) is 13.2. The maximum Gasteiger partial charge on any atom is 0.167 e. The monoisotopic (exact) mass is 359 g/mol. The molecule has 0 radical (unpaired) electrons. The van der Waals surface area contributed by atoms with Crippen LogP contribution in [0.25, 0.3) is 22.6 Å². The number of carbonyl (C=O) groups excluding carboxylic acids is 1.